The highest BCUT2D eigenvalue weighted by molar-refractivity contribution is 5.96. The number of alkyl halides is 3. The van der Waals surface area contributed by atoms with Gasteiger partial charge < -0.3 is 10.0 Å². The van der Waals surface area contributed by atoms with Gasteiger partial charge in [0.2, 0.25) is 0 Å². The molecule has 26 heavy (non-hydrogen) atoms. The Bertz CT molecular complexity index is 936. The van der Waals surface area contributed by atoms with Gasteiger partial charge in [0, 0.05) is 24.7 Å². The Hall–Kier alpha value is -2.89. The molecule has 0 radical (unpaired) electrons. The molecule has 1 N–H and O–H groups in total. The van der Waals surface area contributed by atoms with Gasteiger partial charge in [0.05, 0.1) is 28.6 Å². The van der Waals surface area contributed by atoms with Crippen LogP contribution in [0.3, 0.4) is 0 Å². The summed E-state index contributed by atoms with van der Waals surface area (Å²) in [6, 6.07) is 4.18. The zero-order valence-corrected chi connectivity index (χ0v) is 13.5. The normalized spacial score (nSPS) is 20.4. The molecule has 0 bridgehead atoms. The maximum absolute atomic E-state index is 13.9. The van der Waals surface area contributed by atoms with Crippen LogP contribution in [0.5, 0.6) is 0 Å². The fourth-order valence-corrected chi connectivity index (χ4v) is 3.41. The van der Waals surface area contributed by atoms with Crippen molar-refractivity contribution in [1.29, 1.82) is 5.26 Å². The maximum atomic E-state index is 13.9. The highest BCUT2D eigenvalue weighted by Gasteiger charge is 2.53. The minimum absolute atomic E-state index is 0.0329. The molecule has 0 unspecified atom stereocenters. The summed E-state index contributed by atoms with van der Waals surface area (Å²) in [5, 5.41) is 18.7. The van der Waals surface area contributed by atoms with Crippen LogP contribution in [0, 0.1) is 35.9 Å². The number of nitrogens with zero attached hydrogens (tertiary/aromatic N) is 3. The van der Waals surface area contributed by atoms with Crippen LogP contribution in [0.4, 0.5) is 23.2 Å². The van der Waals surface area contributed by atoms with E-state index in [0.717, 1.165) is 6.07 Å². The first-order valence-corrected chi connectivity index (χ1v) is 7.67. The van der Waals surface area contributed by atoms with E-state index in [0.29, 0.717) is 11.1 Å². The number of hydrogen-bond acceptors (Lipinski definition) is 4. The summed E-state index contributed by atoms with van der Waals surface area (Å²) >= 11 is 0. The Labute approximate surface area is 145 Å². The number of rotatable bonds is 2. The largest absolute Gasteiger partial charge is 0.481 e. The van der Waals surface area contributed by atoms with Gasteiger partial charge in [0.15, 0.2) is 0 Å². The molecule has 0 spiro atoms. The number of aromatic nitrogens is 1. The van der Waals surface area contributed by atoms with Gasteiger partial charge in [-0.1, -0.05) is 0 Å². The van der Waals surface area contributed by atoms with Crippen molar-refractivity contribution in [3.8, 4) is 6.07 Å². The summed E-state index contributed by atoms with van der Waals surface area (Å²) in [6.07, 6.45) is -3.49. The number of aryl methyl sites for hydroxylation is 1. The summed E-state index contributed by atoms with van der Waals surface area (Å²) < 4.78 is 53.6. The maximum Gasteiger partial charge on any atom is 0.394 e. The highest BCUT2D eigenvalue weighted by atomic mass is 19.4. The summed E-state index contributed by atoms with van der Waals surface area (Å²) in [6.45, 7) is 0.545. The van der Waals surface area contributed by atoms with Gasteiger partial charge in [-0.2, -0.15) is 18.4 Å². The number of benzene rings is 1. The molecule has 1 fully saturated rings. The van der Waals surface area contributed by atoms with Crippen molar-refractivity contribution in [3.63, 3.8) is 0 Å². The second kappa shape index (κ2) is 6.12. The van der Waals surface area contributed by atoms with Gasteiger partial charge in [-0.05, 0) is 24.6 Å². The second-order valence-corrected chi connectivity index (χ2v) is 6.25. The van der Waals surface area contributed by atoms with Crippen LogP contribution < -0.4 is 4.90 Å². The zero-order chi connectivity index (χ0) is 19.2. The fraction of sp³-hybridized carbons (Fsp3) is 0.353. The van der Waals surface area contributed by atoms with Crippen LogP contribution in [0.1, 0.15) is 11.1 Å². The third-order valence-corrected chi connectivity index (χ3v) is 4.59. The molecular formula is C17H13F4N3O2. The lowest BCUT2D eigenvalue weighted by molar-refractivity contribution is -0.187. The quantitative estimate of drug-likeness (QED) is 0.825. The van der Waals surface area contributed by atoms with E-state index in [1.165, 1.54) is 17.2 Å². The summed E-state index contributed by atoms with van der Waals surface area (Å²) in [7, 11) is 0. The topological polar surface area (TPSA) is 77.2 Å². The Morgan fingerprint density at radius 2 is 2.08 bits per heavy atom. The Kier molecular flexibility index (Phi) is 4.22. The minimum Gasteiger partial charge on any atom is -0.481 e. The molecule has 1 aromatic heterocycles. The number of pyridine rings is 1. The van der Waals surface area contributed by atoms with E-state index < -0.39 is 42.9 Å². The molecule has 5 nitrogen and oxygen atoms in total. The van der Waals surface area contributed by atoms with E-state index in [1.807, 2.05) is 6.07 Å². The van der Waals surface area contributed by atoms with E-state index in [-0.39, 0.29) is 16.6 Å². The molecule has 0 aliphatic carbocycles. The standard InChI is InChI=1S/C17H13F4N3O2/c1-8-2-10(18)3-11-14(8)23-5-9(4-22)15(11)24-6-12(16(25)26)13(7-24)17(19,20)21/h2-3,5,12-13H,6-7H2,1H3,(H,25,26)/t12-,13-/m1/s1. The number of anilines is 1. The number of carbonyl (C=O) groups is 1. The van der Waals surface area contributed by atoms with Crippen LogP contribution in [0.2, 0.25) is 0 Å². The van der Waals surface area contributed by atoms with Crippen LogP contribution >= 0.6 is 0 Å². The smallest absolute Gasteiger partial charge is 0.394 e. The number of carboxylic acids is 1. The molecule has 2 heterocycles. The molecule has 0 saturated carbocycles. The van der Waals surface area contributed by atoms with Crippen molar-refractivity contribution in [2.24, 2.45) is 11.8 Å². The lowest BCUT2D eigenvalue weighted by atomic mass is 9.96. The van der Waals surface area contributed by atoms with Gasteiger partial charge in [0.1, 0.15) is 11.9 Å². The van der Waals surface area contributed by atoms with Crippen molar-refractivity contribution in [1.82, 2.24) is 4.98 Å². The summed E-state index contributed by atoms with van der Waals surface area (Å²) in [5.41, 5.74) is 0.863. The molecule has 2 aromatic rings. The molecule has 2 atom stereocenters. The van der Waals surface area contributed by atoms with Crippen molar-refractivity contribution < 1.29 is 27.5 Å². The molecule has 1 saturated heterocycles. The van der Waals surface area contributed by atoms with Crippen LogP contribution in [0.25, 0.3) is 10.9 Å². The first kappa shape index (κ1) is 17.9. The van der Waals surface area contributed by atoms with Gasteiger partial charge in [-0.25, -0.2) is 4.39 Å². The average Bonchev–Trinajstić information content (AvgIpc) is 2.99. The van der Waals surface area contributed by atoms with Gasteiger partial charge in [0.25, 0.3) is 0 Å². The number of carboxylic acid groups (broad SMARTS) is 1. The molecule has 1 aliphatic heterocycles. The molecular weight excluding hydrogens is 354 g/mol. The molecule has 1 aliphatic rings. The SMILES string of the molecule is Cc1cc(F)cc2c(N3C[C@@H](C(F)(F)F)[C@H](C(=O)O)C3)c(C#N)cnc12. The highest BCUT2D eigenvalue weighted by Crippen LogP contribution is 2.42. The summed E-state index contributed by atoms with van der Waals surface area (Å²) in [4.78, 5) is 16.6. The molecule has 9 heteroatoms. The first-order chi connectivity index (χ1) is 12.1. The number of aliphatic carboxylic acids is 1. The lowest BCUT2D eigenvalue weighted by Gasteiger charge is -2.22. The number of halogens is 4. The van der Waals surface area contributed by atoms with E-state index >= 15 is 0 Å². The molecule has 1 aromatic carbocycles. The Morgan fingerprint density at radius 1 is 1.38 bits per heavy atom. The van der Waals surface area contributed by atoms with Crippen molar-refractivity contribution >= 4 is 22.6 Å². The number of hydrogen-bond donors (Lipinski definition) is 1. The van der Waals surface area contributed by atoms with Crippen molar-refractivity contribution in [2.75, 3.05) is 18.0 Å². The van der Waals surface area contributed by atoms with E-state index in [4.69, 9.17) is 0 Å². The number of nitriles is 1. The van der Waals surface area contributed by atoms with Crippen molar-refractivity contribution in [2.45, 2.75) is 13.1 Å². The van der Waals surface area contributed by atoms with Gasteiger partial charge >= 0.3 is 12.1 Å². The van der Waals surface area contributed by atoms with Crippen LogP contribution in [-0.2, 0) is 4.79 Å². The molecule has 136 valence electrons. The average molecular weight is 367 g/mol. The summed E-state index contributed by atoms with van der Waals surface area (Å²) in [5.74, 6) is -5.92. The molecule has 3 rings (SSSR count). The Morgan fingerprint density at radius 3 is 2.62 bits per heavy atom. The fourth-order valence-electron chi connectivity index (χ4n) is 3.41. The van der Waals surface area contributed by atoms with Gasteiger partial charge in [-0.3, -0.25) is 9.78 Å². The third-order valence-electron chi connectivity index (χ3n) is 4.59. The monoisotopic (exact) mass is 367 g/mol. The van der Waals surface area contributed by atoms with E-state index in [9.17, 15) is 32.7 Å². The van der Waals surface area contributed by atoms with Gasteiger partial charge in [-0.15, -0.1) is 0 Å². The van der Waals surface area contributed by atoms with Crippen LogP contribution in [0.15, 0.2) is 18.3 Å². The zero-order valence-electron chi connectivity index (χ0n) is 13.5. The van der Waals surface area contributed by atoms with Crippen LogP contribution in [-0.4, -0.2) is 35.3 Å². The first-order valence-electron chi connectivity index (χ1n) is 7.67. The predicted octanol–water partition coefficient (Wildman–Crippen LogP) is 3.25. The predicted molar refractivity (Wildman–Crippen MR) is 84.0 cm³/mol. The Balaban J connectivity index is 2.19. The minimum atomic E-state index is -4.70. The van der Waals surface area contributed by atoms with Crippen molar-refractivity contribution in [3.05, 3.63) is 35.3 Å². The van der Waals surface area contributed by atoms with E-state index in [2.05, 4.69) is 4.98 Å². The third kappa shape index (κ3) is 2.92. The molecule has 0 amide bonds. The second-order valence-electron chi connectivity index (χ2n) is 6.25. The number of fused-ring (bicyclic) bond motifs is 1. The van der Waals surface area contributed by atoms with E-state index in [1.54, 1.807) is 6.92 Å². The lowest BCUT2D eigenvalue weighted by Crippen LogP contribution is -2.33.